The first-order chi connectivity index (χ1) is 16.2. The Bertz CT molecular complexity index is 898. The minimum atomic E-state index is -4.35. The maximum Gasteiger partial charge on any atom is 0.416 e. The van der Waals surface area contributed by atoms with Gasteiger partial charge in [0, 0.05) is 25.7 Å². The average molecular weight is 498 g/mol. The molecule has 1 aromatic carbocycles. The summed E-state index contributed by atoms with van der Waals surface area (Å²) >= 11 is 0. The van der Waals surface area contributed by atoms with Crippen molar-refractivity contribution in [2.24, 2.45) is 17.8 Å². The Morgan fingerprint density at radius 3 is 2.49 bits per heavy atom. The van der Waals surface area contributed by atoms with E-state index in [9.17, 15) is 22.8 Å². The number of likely N-dealkylation sites (tertiary alicyclic amines) is 1. The zero-order valence-electron chi connectivity index (χ0n) is 21.2. The van der Waals surface area contributed by atoms with Gasteiger partial charge in [0.15, 0.2) is 0 Å². The second-order valence-electron chi connectivity index (χ2n) is 11.3. The van der Waals surface area contributed by atoms with Crippen LogP contribution < -0.4 is 10.6 Å². The van der Waals surface area contributed by atoms with E-state index in [1.165, 1.54) is 12.1 Å². The Hall–Kier alpha value is -2.29. The van der Waals surface area contributed by atoms with Gasteiger partial charge >= 0.3 is 12.3 Å². The molecule has 0 spiro atoms. The minimum Gasteiger partial charge on any atom is -0.444 e. The molecule has 9 heteroatoms. The standard InChI is InChI=1S/C26H38F3N3O3/c1-16(2)11-22(31-24(34)35-25(3,4)5)23(33)30-21-10-9-18-14-32(15-20(18)21)13-17-7-6-8-19(12-17)26(27,28)29/h6-8,12,16,18,20-22H,9-11,13-15H2,1-5H3,(H,30,33)(H,31,34)/t18-,20+,21-,22+/m0/s1. The number of alkyl carbamates (subject to hydrolysis) is 1. The van der Waals surface area contributed by atoms with E-state index < -0.39 is 29.5 Å². The van der Waals surface area contributed by atoms with Crippen LogP contribution in [0.25, 0.3) is 0 Å². The quantitative estimate of drug-likeness (QED) is 0.558. The Kier molecular flexibility index (Phi) is 8.40. The number of halogens is 3. The van der Waals surface area contributed by atoms with Gasteiger partial charge in [-0.05, 0) is 69.4 Å². The topological polar surface area (TPSA) is 70.7 Å². The van der Waals surface area contributed by atoms with Crippen molar-refractivity contribution < 1.29 is 27.5 Å². The number of hydrogen-bond acceptors (Lipinski definition) is 4. The van der Waals surface area contributed by atoms with Gasteiger partial charge in [-0.1, -0.05) is 32.0 Å². The summed E-state index contributed by atoms with van der Waals surface area (Å²) in [5.74, 6) is 0.623. The Morgan fingerprint density at radius 2 is 1.86 bits per heavy atom. The number of hydrogen-bond donors (Lipinski definition) is 2. The monoisotopic (exact) mass is 497 g/mol. The summed E-state index contributed by atoms with van der Waals surface area (Å²) in [6.07, 6.45) is -2.65. The van der Waals surface area contributed by atoms with E-state index in [-0.39, 0.29) is 23.8 Å². The Balaban J connectivity index is 1.59. The molecular weight excluding hydrogens is 459 g/mol. The maximum atomic E-state index is 13.1. The molecule has 4 atom stereocenters. The molecule has 1 aromatic rings. The third-order valence-electron chi connectivity index (χ3n) is 6.64. The van der Waals surface area contributed by atoms with Crippen LogP contribution in [-0.2, 0) is 22.3 Å². The van der Waals surface area contributed by atoms with Gasteiger partial charge < -0.3 is 15.4 Å². The number of alkyl halides is 3. The van der Waals surface area contributed by atoms with Crippen LogP contribution in [0.2, 0.25) is 0 Å². The smallest absolute Gasteiger partial charge is 0.416 e. The molecule has 2 aliphatic rings. The highest BCUT2D eigenvalue weighted by Crippen LogP contribution is 2.39. The number of rotatable bonds is 7. The molecule has 0 bridgehead atoms. The van der Waals surface area contributed by atoms with Gasteiger partial charge in [-0.25, -0.2) is 4.79 Å². The fraction of sp³-hybridized carbons (Fsp3) is 0.692. The fourth-order valence-corrected chi connectivity index (χ4v) is 5.21. The molecular formula is C26H38F3N3O3. The van der Waals surface area contributed by atoms with E-state index in [0.717, 1.165) is 32.0 Å². The molecule has 0 radical (unpaired) electrons. The van der Waals surface area contributed by atoms with E-state index in [4.69, 9.17) is 4.74 Å². The zero-order chi connectivity index (χ0) is 26.0. The number of amides is 2. The Morgan fingerprint density at radius 1 is 1.14 bits per heavy atom. The SMILES string of the molecule is CC(C)C[C@@H](NC(=O)OC(C)(C)C)C(=O)N[C@H]1CC[C@H]2CN(Cc3cccc(C(F)(F)F)c3)C[C@H]21. The lowest BCUT2D eigenvalue weighted by atomic mass is 9.97. The molecule has 1 saturated heterocycles. The second kappa shape index (κ2) is 10.8. The van der Waals surface area contributed by atoms with E-state index >= 15 is 0 Å². The van der Waals surface area contributed by atoms with Crippen molar-refractivity contribution >= 4 is 12.0 Å². The first-order valence-electron chi connectivity index (χ1n) is 12.4. The van der Waals surface area contributed by atoms with Crippen molar-refractivity contribution in [2.75, 3.05) is 13.1 Å². The van der Waals surface area contributed by atoms with Crippen LogP contribution in [0, 0.1) is 17.8 Å². The van der Waals surface area contributed by atoms with Crippen molar-refractivity contribution in [3.63, 3.8) is 0 Å². The molecule has 1 saturated carbocycles. The average Bonchev–Trinajstić information content (AvgIpc) is 3.26. The summed E-state index contributed by atoms with van der Waals surface area (Å²) in [7, 11) is 0. The van der Waals surface area contributed by atoms with Gasteiger partial charge in [-0.2, -0.15) is 13.2 Å². The first kappa shape index (κ1) is 27.3. The van der Waals surface area contributed by atoms with E-state index in [1.807, 2.05) is 13.8 Å². The Labute approximate surface area is 206 Å². The number of benzene rings is 1. The lowest BCUT2D eigenvalue weighted by molar-refractivity contribution is -0.137. The van der Waals surface area contributed by atoms with Crippen LogP contribution in [0.5, 0.6) is 0 Å². The molecule has 6 nitrogen and oxygen atoms in total. The summed E-state index contributed by atoms with van der Waals surface area (Å²) in [6.45, 7) is 11.3. The summed E-state index contributed by atoms with van der Waals surface area (Å²) < 4.78 is 44.5. The number of ether oxygens (including phenoxy) is 1. The summed E-state index contributed by atoms with van der Waals surface area (Å²) in [5, 5.41) is 5.87. The van der Waals surface area contributed by atoms with Gasteiger partial charge in [-0.15, -0.1) is 0 Å². The van der Waals surface area contributed by atoms with Crippen molar-refractivity contribution in [1.29, 1.82) is 0 Å². The third-order valence-corrected chi connectivity index (χ3v) is 6.64. The summed E-state index contributed by atoms with van der Waals surface area (Å²) in [4.78, 5) is 27.6. The van der Waals surface area contributed by atoms with Gasteiger partial charge in [0.25, 0.3) is 0 Å². The highest BCUT2D eigenvalue weighted by atomic mass is 19.4. The number of fused-ring (bicyclic) bond motifs is 1. The van der Waals surface area contributed by atoms with Crippen molar-refractivity contribution in [3.8, 4) is 0 Å². The molecule has 1 aliphatic heterocycles. The number of carbonyl (C=O) groups is 2. The van der Waals surface area contributed by atoms with Crippen molar-refractivity contribution in [3.05, 3.63) is 35.4 Å². The lowest BCUT2D eigenvalue weighted by Crippen LogP contribution is -2.52. The summed E-state index contributed by atoms with van der Waals surface area (Å²) in [5.41, 5.74) is -0.652. The van der Waals surface area contributed by atoms with E-state index in [1.54, 1.807) is 26.8 Å². The number of carbonyl (C=O) groups excluding carboxylic acids is 2. The van der Waals surface area contributed by atoms with Gasteiger partial charge in [-0.3, -0.25) is 9.69 Å². The molecule has 2 N–H and O–H groups in total. The van der Waals surface area contributed by atoms with Gasteiger partial charge in [0.1, 0.15) is 11.6 Å². The van der Waals surface area contributed by atoms with E-state index in [2.05, 4.69) is 15.5 Å². The normalized spacial score (nSPS) is 23.7. The first-order valence-corrected chi connectivity index (χ1v) is 12.4. The zero-order valence-corrected chi connectivity index (χ0v) is 21.2. The highest BCUT2D eigenvalue weighted by Gasteiger charge is 2.43. The van der Waals surface area contributed by atoms with Crippen LogP contribution >= 0.6 is 0 Å². The minimum absolute atomic E-state index is 0.0193. The van der Waals surface area contributed by atoms with Gasteiger partial charge in [0.2, 0.25) is 5.91 Å². The molecule has 0 aromatic heterocycles. The second-order valence-corrected chi connectivity index (χ2v) is 11.3. The molecule has 0 unspecified atom stereocenters. The van der Waals surface area contributed by atoms with Gasteiger partial charge in [0.05, 0.1) is 5.56 Å². The van der Waals surface area contributed by atoms with Crippen molar-refractivity contribution in [1.82, 2.24) is 15.5 Å². The van der Waals surface area contributed by atoms with Crippen LogP contribution in [0.1, 0.15) is 65.0 Å². The number of nitrogens with one attached hydrogen (secondary N) is 2. The predicted molar refractivity (Wildman–Crippen MR) is 127 cm³/mol. The summed E-state index contributed by atoms with van der Waals surface area (Å²) in [6, 6.07) is 4.77. The molecule has 3 rings (SSSR count). The van der Waals surface area contributed by atoms with Crippen LogP contribution in [0.3, 0.4) is 0 Å². The molecule has 35 heavy (non-hydrogen) atoms. The fourth-order valence-electron chi connectivity index (χ4n) is 5.21. The molecule has 2 fully saturated rings. The van der Waals surface area contributed by atoms with Crippen LogP contribution in [0.4, 0.5) is 18.0 Å². The van der Waals surface area contributed by atoms with E-state index in [0.29, 0.717) is 24.4 Å². The predicted octanol–water partition coefficient (Wildman–Crippen LogP) is 4.97. The lowest BCUT2D eigenvalue weighted by Gasteiger charge is -2.27. The molecule has 196 valence electrons. The van der Waals surface area contributed by atoms with Crippen LogP contribution in [0.15, 0.2) is 24.3 Å². The molecule has 1 aliphatic carbocycles. The highest BCUT2D eigenvalue weighted by molar-refractivity contribution is 5.86. The maximum absolute atomic E-state index is 13.1. The molecule has 1 heterocycles. The van der Waals surface area contributed by atoms with Crippen LogP contribution in [-0.4, -0.2) is 47.7 Å². The van der Waals surface area contributed by atoms with Crippen molar-refractivity contribution in [2.45, 2.75) is 84.3 Å². The molecule has 2 amide bonds. The largest absolute Gasteiger partial charge is 0.444 e. The number of nitrogens with zero attached hydrogens (tertiary/aromatic N) is 1. The third kappa shape index (κ3) is 7.85.